The van der Waals surface area contributed by atoms with Crippen molar-refractivity contribution in [2.75, 3.05) is 0 Å². The summed E-state index contributed by atoms with van der Waals surface area (Å²) in [5.41, 5.74) is 0.427. The first-order chi connectivity index (χ1) is 10.2. The Kier molecular flexibility index (Phi) is 4.39. The Hall–Kier alpha value is -2.12. The van der Waals surface area contributed by atoms with Crippen molar-refractivity contribution >= 4 is 27.4 Å². The third-order valence-corrected chi connectivity index (χ3v) is 4.67. The lowest BCUT2D eigenvalue weighted by Gasteiger charge is -2.11. The number of nitro benzene ring substituents is 1. The molecule has 0 heterocycles. The van der Waals surface area contributed by atoms with Gasteiger partial charge in [0.1, 0.15) is 0 Å². The van der Waals surface area contributed by atoms with Crippen LogP contribution in [0, 0.1) is 24.0 Å². The van der Waals surface area contributed by atoms with Gasteiger partial charge in [-0.05, 0) is 37.1 Å². The summed E-state index contributed by atoms with van der Waals surface area (Å²) >= 11 is 5.91. The van der Waals surface area contributed by atoms with Gasteiger partial charge in [-0.1, -0.05) is 29.8 Å². The first-order valence-corrected chi connectivity index (χ1v) is 7.95. The number of hydrogen-bond acceptors (Lipinski definition) is 5. The molecule has 0 amide bonds. The Morgan fingerprint density at radius 2 is 1.86 bits per heavy atom. The largest absolute Gasteiger partial charge is 0.377 e. The van der Waals surface area contributed by atoms with Crippen LogP contribution in [0.3, 0.4) is 0 Å². The fourth-order valence-electron chi connectivity index (χ4n) is 1.94. The summed E-state index contributed by atoms with van der Waals surface area (Å²) in [4.78, 5) is 9.82. The number of aryl methyl sites for hydroxylation is 2. The van der Waals surface area contributed by atoms with Crippen molar-refractivity contribution in [2.45, 2.75) is 18.7 Å². The molecule has 6 nitrogen and oxygen atoms in total. The molecule has 0 saturated carbocycles. The number of benzene rings is 2. The monoisotopic (exact) mass is 341 g/mol. The van der Waals surface area contributed by atoms with Gasteiger partial charge in [-0.15, -0.1) is 0 Å². The summed E-state index contributed by atoms with van der Waals surface area (Å²) in [5.74, 6) is -0.0702. The van der Waals surface area contributed by atoms with Crippen molar-refractivity contribution in [1.29, 1.82) is 0 Å². The molecule has 0 atom stereocenters. The van der Waals surface area contributed by atoms with Crippen LogP contribution < -0.4 is 4.18 Å². The predicted octanol–water partition coefficient (Wildman–Crippen LogP) is 3.63. The van der Waals surface area contributed by atoms with Crippen molar-refractivity contribution in [3.8, 4) is 5.75 Å². The summed E-state index contributed by atoms with van der Waals surface area (Å²) in [6.45, 7) is 3.20. The number of nitro groups is 1. The number of rotatable bonds is 4. The maximum absolute atomic E-state index is 12.4. The van der Waals surface area contributed by atoms with Crippen LogP contribution in [0.5, 0.6) is 5.75 Å². The number of halogens is 1. The van der Waals surface area contributed by atoms with Gasteiger partial charge in [-0.25, -0.2) is 0 Å². The molecule has 0 N–H and O–H groups in total. The molecule has 0 saturated heterocycles. The fourth-order valence-corrected chi connectivity index (χ4v) is 3.46. The molecule has 2 aromatic carbocycles. The highest BCUT2D eigenvalue weighted by Crippen LogP contribution is 2.32. The van der Waals surface area contributed by atoms with E-state index >= 15 is 0 Å². The van der Waals surface area contributed by atoms with Gasteiger partial charge in [0.25, 0.3) is 5.69 Å². The molecule has 8 heteroatoms. The summed E-state index contributed by atoms with van der Waals surface area (Å²) < 4.78 is 29.9. The van der Waals surface area contributed by atoms with Crippen LogP contribution in [-0.2, 0) is 10.1 Å². The van der Waals surface area contributed by atoms with Crippen LogP contribution in [0.25, 0.3) is 0 Å². The third kappa shape index (κ3) is 3.20. The Morgan fingerprint density at radius 3 is 2.50 bits per heavy atom. The molecular formula is C14H12ClNO5S. The van der Waals surface area contributed by atoms with E-state index in [1.54, 1.807) is 13.0 Å². The average Bonchev–Trinajstić information content (AvgIpc) is 2.42. The second-order valence-corrected chi connectivity index (χ2v) is 6.54. The quantitative estimate of drug-likeness (QED) is 0.481. The van der Waals surface area contributed by atoms with Crippen molar-refractivity contribution < 1.29 is 17.5 Å². The summed E-state index contributed by atoms with van der Waals surface area (Å²) in [5, 5.41) is 11.2. The molecule has 2 rings (SSSR count). The predicted molar refractivity (Wildman–Crippen MR) is 81.8 cm³/mol. The van der Waals surface area contributed by atoms with Gasteiger partial charge in [0, 0.05) is 6.07 Å². The summed E-state index contributed by atoms with van der Waals surface area (Å²) in [6.07, 6.45) is 0. The van der Waals surface area contributed by atoms with Crippen LogP contribution >= 0.6 is 11.6 Å². The molecule has 0 fully saturated rings. The lowest BCUT2D eigenvalue weighted by Crippen LogP contribution is -2.14. The maximum Gasteiger partial charge on any atom is 0.346 e. The van der Waals surface area contributed by atoms with Crippen LogP contribution in [0.15, 0.2) is 41.3 Å². The molecule has 0 radical (unpaired) electrons. The zero-order valence-electron chi connectivity index (χ0n) is 11.7. The summed E-state index contributed by atoms with van der Waals surface area (Å²) in [6, 6.07) is 8.62. The lowest BCUT2D eigenvalue weighted by molar-refractivity contribution is -0.388. The van der Waals surface area contributed by atoms with E-state index in [2.05, 4.69) is 0 Å². The highest BCUT2D eigenvalue weighted by Gasteiger charge is 2.30. The van der Waals surface area contributed by atoms with Crippen molar-refractivity contribution in [1.82, 2.24) is 0 Å². The molecule has 0 unspecified atom stereocenters. The van der Waals surface area contributed by atoms with Crippen molar-refractivity contribution in [3.05, 3.63) is 62.7 Å². The molecule has 0 aliphatic carbocycles. The smallest absolute Gasteiger partial charge is 0.346 e. The van der Waals surface area contributed by atoms with E-state index in [-0.39, 0.29) is 16.3 Å². The molecule has 22 heavy (non-hydrogen) atoms. The first kappa shape index (κ1) is 16.3. The lowest BCUT2D eigenvalue weighted by atomic mass is 10.2. The van der Waals surface area contributed by atoms with Crippen LogP contribution in [0.2, 0.25) is 5.02 Å². The maximum atomic E-state index is 12.4. The fraction of sp³-hybridized carbons (Fsp3) is 0.143. The van der Waals surface area contributed by atoms with E-state index in [0.717, 1.165) is 11.6 Å². The zero-order chi connectivity index (χ0) is 16.5. The highest BCUT2D eigenvalue weighted by atomic mass is 35.5. The molecule has 0 aromatic heterocycles. The Morgan fingerprint density at radius 1 is 1.18 bits per heavy atom. The Labute approximate surface area is 132 Å². The van der Waals surface area contributed by atoms with Crippen LogP contribution in [-0.4, -0.2) is 13.3 Å². The topological polar surface area (TPSA) is 86.5 Å². The van der Waals surface area contributed by atoms with Crippen LogP contribution in [0.4, 0.5) is 5.69 Å². The van der Waals surface area contributed by atoms with Gasteiger partial charge in [0.15, 0.2) is 10.6 Å². The third-order valence-electron chi connectivity index (χ3n) is 2.92. The van der Waals surface area contributed by atoms with Crippen molar-refractivity contribution in [3.63, 3.8) is 0 Å². The van der Waals surface area contributed by atoms with E-state index < -0.39 is 25.6 Å². The van der Waals surface area contributed by atoms with Gasteiger partial charge in [-0.3, -0.25) is 10.1 Å². The van der Waals surface area contributed by atoms with Gasteiger partial charge >= 0.3 is 10.1 Å². The van der Waals surface area contributed by atoms with E-state index in [9.17, 15) is 18.5 Å². The standard InChI is InChI=1S/C14H12ClNO5S/c1-9-6-7-11(15)13(8-9)21-22(19,20)14-10(2)4-3-5-12(14)16(17)18/h3-8H,1-2H3. The normalized spacial score (nSPS) is 11.2. The molecule has 116 valence electrons. The zero-order valence-corrected chi connectivity index (χ0v) is 13.3. The highest BCUT2D eigenvalue weighted by molar-refractivity contribution is 7.87. The van der Waals surface area contributed by atoms with E-state index in [0.29, 0.717) is 0 Å². The minimum atomic E-state index is -4.39. The molecule has 0 aliphatic rings. The Bertz CT molecular complexity index is 848. The van der Waals surface area contributed by atoms with Crippen molar-refractivity contribution in [2.24, 2.45) is 0 Å². The van der Waals surface area contributed by atoms with Crippen LogP contribution in [0.1, 0.15) is 11.1 Å². The minimum Gasteiger partial charge on any atom is -0.377 e. The molecule has 2 aromatic rings. The minimum absolute atomic E-state index is 0.0702. The average molecular weight is 342 g/mol. The summed E-state index contributed by atoms with van der Waals surface area (Å²) in [7, 11) is -4.39. The Balaban J connectivity index is 2.57. The second-order valence-electron chi connectivity index (χ2n) is 4.65. The SMILES string of the molecule is Cc1ccc(Cl)c(OS(=O)(=O)c2c(C)cccc2[N+](=O)[O-])c1. The number of nitrogens with zero attached hydrogens (tertiary/aromatic N) is 1. The van der Waals surface area contributed by atoms with E-state index in [1.807, 2.05) is 0 Å². The first-order valence-electron chi connectivity index (χ1n) is 6.17. The molecular weight excluding hydrogens is 330 g/mol. The van der Waals surface area contributed by atoms with E-state index in [4.69, 9.17) is 15.8 Å². The second kappa shape index (κ2) is 5.94. The van der Waals surface area contributed by atoms with Gasteiger partial charge in [0.05, 0.1) is 9.95 Å². The van der Waals surface area contributed by atoms with Gasteiger partial charge in [-0.2, -0.15) is 8.42 Å². The van der Waals surface area contributed by atoms with E-state index in [1.165, 1.54) is 31.2 Å². The molecule has 0 aliphatic heterocycles. The number of hydrogen-bond donors (Lipinski definition) is 0. The van der Waals surface area contributed by atoms with Gasteiger partial charge in [0.2, 0.25) is 0 Å². The molecule has 0 spiro atoms. The molecule has 0 bridgehead atoms. The van der Waals surface area contributed by atoms with Gasteiger partial charge < -0.3 is 4.18 Å².